The van der Waals surface area contributed by atoms with Gasteiger partial charge in [-0.15, -0.1) is 0 Å². The van der Waals surface area contributed by atoms with Gasteiger partial charge >= 0.3 is 0 Å². The highest BCUT2D eigenvalue weighted by atomic mass is 35.5. The van der Waals surface area contributed by atoms with Crippen LogP contribution in [0.5, 0.6) is 0 Å². The summed E-state index contributed by atoms with van der Waals surface area (Å²) in [6, 6.07) is 16.3. The van der Waals surface area contributed by atoms with Crippen molar-refractivity contribution in [1.29, 1.82) is 0 Å². The summed E-state index contributed by atoms with van der Waals surface area (Å²) in [6.45, 7) is 1.61. The van der Waals surface area contributed by atoms with Crippen LogP contribution >= 0.6 is 11.6 Å². The maximum absolute atomic E-state index is 13.2. The van der Waals surface area contributed by atoms with E-state index in [4.69, 9.17) is 11.6 Å². The minimum absolute atomic E-state index is 0.179. The van der Waals surface area contributed by atoms with Gasteiger partial charge < -0.3 is 4.90 Å². The molecule has 146 valence electrons. The highest BCUT2D eigenvalue weighted by Gasteiger charge is 2.18. The first kappa shape index (κ1) is 18.9. The first-order chi connectivity index (χ1) is 14.0. The van der Waals surface area contributed by atoms with Crippen molar-refractivity contribution in [3.8, 4) is 5.69 Å². The fourth-order valence-corrected chi connectivity index (χ4v) is 3.35. The number of nitrogens with zero attached hydrogens (tertiary/aromatic N) is 5. The third kappa shape index (κ3) is 3.52. The molecule has 2 heterocycles. The molecule has 0 aliphatic rings. The van der Waals surface area contributed by atoms with E-state index >= 15 is 0 Å². The quantitative estimate of drug-likeness (QED) is 0.520. The predicted molar refractivity (Wildman–Crippen MR) is 113 cm³/mol. The molecule has 0 fully saturated rings. The molecule has 4 aromatic rings. The van der Waals surface area contributed by atoms with Gasteiger partial charge in [-0.2, -0.15) is 10.2 Å². The van der Waals surface area contributed by atoms with Crippen LogP contribution in [0.2, 0.25) is 5.02 Å². The lowest BCUT2D eigenvalue weighted by atomic mass is 10.2. The third-order valence-electron chi connectivity index (χ3n) is 4.72. The van der Waals surface area contributed by atoms with E-state index in [2.05, 4.69) is 10.2 Å². The second-order valence-electron chi connectivity index (χ2n) is 6.64. The summed E-state index contributed by atoms with van der Waals surface area (Å²) >= 11 is 6.09. The summed E-state index contributed by atoms with van der Waals surface area (Å²) in [7, 11) is 1.67. The molecule has 0 radical (unpaired) electrons. The van der Waals surface area contributed by atoms with E-state index in [1.54, 1.807) is 38.4 Å². The Labute approximate surface area is 171 Å². The van der Waals surface area contributed by atoms with Crippen LogP contribution < -0.4 is 10.5 Å². The van der Waals surface area contributed by atoms with Crippen molar-refractivity contribution in [2.75, 3.05) is 11.9 Å². The number of para-hydroxylation sites is 1. The maximum Gasteiger partial charge on any atom is 0.293 e. The van der Waals surface area contributed by atoms with Crippen LogP contribution in [0.3, 0.4) is 0 Å². The molecule has 0 bridgehead atoms. The van der Waals surface area contributed by atoms with Crippen LogP contribution in [0.15, 0.2) is 65.6 Å². The molecule has 7 nitrogen and oxygen atoms in total. The number of amides is 1. The number of aryl methyl sites for hydroxylation is 1. The minimum atomic E-state index is -0.391. The van der Waals surface area contributed by atoms with Crippen LogP contribution in [0.1, 0.15) is 5.69 Å². The lowest BCUT2D eigenvalue weighted by Crippen LogP contribution is -2.35. The predicted octanol–water partition coefficient (Wildman–Crippen LogP) is 3.21. The van der Waals surface area contributed by atoms with E-state index in [-0.39, 0.29) is 12.5 Å². The van der Waals surface area contributed by atoms with Gasteiger partial charge in [0.05, 0.1) is 17.6 Å². The Balaban J connectivity index is 1.76. The summed E-state index contributed by atoms with van der Waals surface area (Å²) in [5, 5.41) is 9.83. The zero-order valence-corrected chi connectivity index (χ0v) is 16.7. The van der Waals surface area contributed by atoms with Crippen molar-refractivity contribution in [3.63, 3.8) is 0 Å². The SMILES string of the molecule is Cc1nn(CC(=O)N(C)c2ccccc2)c(=O)c2c1cnn2-c1cccc(Cl)c1. The first-order valence-electron chi connectivity index (χ1n) is 8.98. The highest BCUT2D eigenvalue weighted by molar-refractivity contribution is 6.30. The maximum atomic E-state index is 13.2. The Morgan fingerprint density at radius 3 is 2.62 bits per heavy atom. The monoisotopic (exact) mass is 407 g/mol. The summed E-state index contributed by atoms with van der Waals surface area (Å²) in [4.78, 5) is 27.4. The average molecular weight is 408 g/mol. The van der Waals surface area contributed by atoms with Gasteiger partial charge in [0.1, 0.15) is 12.1 Å². The van der Waals surface area contributed by atoms with Crippen molar-refractivity contribution < 1.29 is 4.79 Å². The smallest absolute Gasteiger partial charge is 0.293 e. The molecule has 0 saturated heterocycles. The van der Waals surface area contributed by atoms with Crippen molar-refractivity contribution >= 4 is 34.1 Å². The fourth-order valence-electron chi connectivity index (χ4n) is 3.16. The van der Waals surface area contributed by atoms with Gasteiger partial charge in [0, 0.05) is 23.1 Å². The largest absolute Gasteiger partial charge is 0.314 e. The lowest BCUT2D eigenvalue weighted by molar-refractivity contribution is -0.119. The number of likely N-dealkylation sites (N-methyl/N-ethyl adjacent to an activating group) is 1. The van der Waals surface area contributed by atoms with E-state index in [9.17, 15) is 9.59 Å². The molecule has 0 unspecified atom stereocenters. The number of carbonyl (C=O) groups is 1. The Morgan fingerprint density at radius 2 is 1.90 bits per heavy atom. The highest BCUT2D eigenvalue weighted by Crippen LogP contribution is 2.20. The second-order valence-corrected chi connectivity index (χ2v) is 7.07. The topological polar surface area (TPSA) is 73.0 Å². The van der Waals surface area contributed by atoms with Gasteiger partial charge in [-0.25, -0.2) is 9.36 Å². The number of halogens is 1. The number of hydrogen-bond acceptors (Lipinski definition) is 4. The molecular weight excluding hydrogens is 390 g/mol. The van der Waals surface area contributed by atoms with Crippen molar-refractivity contribution in [1.82, 2.24) is 19.6 Å². The molecule has 29 heavy (non-hydrogen) atoms. The Bertz CT molecular complexity index is 1260. The number of benzene rings is 2. The van der Waals surface area contributed by atoms with Crippen LogP contribution in [0, 0.1) is 6.92 Å². The van der Waals surface area contributed by atoms with Gasteiger partial charge in [-0.1, -0.05) is 35.9 Å². The molecule has 0 aliphatic carbocycles. The van der Waals surface area contributed by atoms with Gasteiger partial charge in [0.15, 0.2) is 0 Å². The number of hydrogen-bond donors (Lipinski definition) is 0. The van der Waals surface area contributed by atoms with Gasteiger partial charge in [-0.3, -0.25) is 9.59 Å². The van der Waals surface area contributed by atoms with Crippen LogP contribution in [0.25, 0.3) is 16.6 Å². The molecule has 1 amide bonds. The molecule has 8 heteroatoms. The van der Waals surface area contributed by atoms with Gasteiger partial charge in [0.25, 0.3) is 5.56 Å². The summed E-state index contributed by atoms with van der Waals surface area (Å²) in [6.07, 6.45) is 1.60. The Kier molecular flexibility index (Phi) is 4.90. The molecule has 4 rings (SSSR count). The number of aromatic nitrogens is 4. The van der Waals surface area contributed by atoms with Gasteiger partial charge in [-0.05, 0) is 37.3 Å². The Hall–Kier alpha value is -3.45. The van der Waals surface area contributed by atoms with Crippen molar-refractivity contribution in [2.24, 2.45) is 0 Å². The number of anilines is 1. The molecule has 0 saturated carbocycles. The van der Waals surface area contributed by atoms with Gasteiger partial charge in [0.2, 0.25) is 5.91 Å². The molecule has 0 aliphatic heterocycles. The summed E-state index contributed by atoms with van der Waals surface area (Å²) < 4.78 is 2.71. The standard InChI is InChI=1S/C21H18ClN5O2/c1-14-18-12-23-27(17-10-6-7-15(22)11-17)20(18)21(29)26(24-14)13-19(28)25(2)16-8-4-3-5-9-16/h3-12H,13H2,1-2H3. The first-order valence-corrected chi connectivity index (χ1v) is 9.36. The number of carbonyl (C=O) groups excluding carboxylic acids is 1. The number of rotatable bonds is 4. The molecule has 0 spiro atoms. The zero-order chi connectivity index (χ0) is 20.5. The summed E-state index contributed by atoms with van der Waals surface area (Å²) in [5.41, 5.74) is 1.98. The van der Waals surface area contributed by atoms with E-state index in [1.165, 1.54) is 14.3 Å². The number of fused-ring (bicyclic) bond motifs is 1. The fraction of sp³-hybridized carbons (Fsp3) is 0.143. The molecular formula is C21H18ClN5O2. The molecule has 0 N–H and O–H groups in total. The molecule has 2 aromatic heterocycles. The minimum Gasteiger partial charge on any atom is -0.314 e. The van der Waals surface area contributed by atoms with Crippen LogP contribution in [0.4, 0.5) is 5.69 Å². The second kappa shape index (κ2) is 7.52. The zero-order valence-electron chi connectivity index (χ0n) is 15.9. The van der Waals surface area contributed by atoms with E-state index < -0.39 is 5.56 Å². The van der Waals surface area contributed by atoms with E-state index in [0.29, 0.717) is 27.3 Å². The van der Waals surface area contributed by atoms with Crippen LogP contribution in [-0.4, -0.2) is 32.5 Å². The van der Waals surface area contributed by atoms with Crippen molar-refractivity contribution in [2.45, 2.75) is 13.5 Å². The molecule has 0 atom stereocenters. The normalized spacial score (nSPS) is 11.0. The van der Waals surface area contributed by atoms with Crippen LogP contribution in [-0.2, 0) is 11.3 Å². The van der Waals surface area contributed by atoms with E-state index in [1.807, 2.05) is 36.4 Å². The van der Waals surface area contributed by atoms with E-state index in [0.717, 1.165) is 5.69 Å². The summed E-state index contributed by atoms with van der Waals surface area (Å²) in [5.74, 6) is -0.252. The van der Waals surface area contributed by atoms with Crippen molar-refractivity contribution in [3.05, 3.63) is 81.9 Å². The lowest BCUT2D eigenvalue weighted by Gasteiger charge is -2.17. The Morgan fingerprint density at radius 1 is 1.14 bits per heavy atom. The average Bonchev–Trinajstić information content (AvgIpc) is 3.18. The molecule has 2 aromatic carbocycles. The third-order valence-corrected chi connectivity index (χ3v) is 4.96.